The maximum Gasteiger partial charge on any atom is 0.273 e. The maximum absolute atomic E-state index is 13.4. The van der Waals surface area contributed by atoms with Crippen LogP contribution in [-0.2, 0) is 6.61 Å². The summed E-state index contributed by atoms with van der Waals surface area (Å²) in [5.74, 6) is 1.18. The molecular weight excluding hydrogens is 462 g/mol. The standard InChI is InChI=1S/C28H26ClN3O3/c1-17(2)32-27(24-25(30-31-26(24)28(32)33)19-9-12-21(29)13-10-19)20-11-14-22(23(15-20)34-3)35-16-18-7-5-4-6-8-18/h4-15,17,27H,16H2,1-3H3,(H,30,31). The van der Waals surface area contributed by atoms with Crippen LogP contribution in [0.25, 0.3) is 11.3 Å². The summed E-state index contributed by atoms with van der Waals surface area (Å²) < 4.78 is 11.7. The Morgan fingerprint density at radius 2 is 1.77 bits per heavy atom. The number of halogens is 1. The molecule has 1 aliphatic rings. The van der Waals surface area contributed by atoms with E-state index in [1.54, 1.807) is 7.11 Å². The summed E-state index contributed by atoms with van der Waals surface area (Å²) in [7, 11) is 1.62. The predicted molar refractivity (Wildman–Crippen MR) is 136 cm³/mol. The highest BCUT2D eigenvalue weighted by atomic mass is 35.5. The molecule has 0 radical (unpaired) electrons. The Morgan fingerprint density at radius 1 is 1.03 bits per heavy atom. The number of benzene rings is 3. The molecule has 35 heavy (non-hydrogen) atoms. The van der Waals surface area contributed by atoms with Gasteiger partial charge in [-0.2, -0.15) is 5.10 Å². The minimum absolute atomic E-state index is 0.0219. The summed E-state index contributed by atoms with van der Waals surface area (Å²) in [4.78, 5) is 15.3. The lowest BCUT2D eigenvalue weighted by molar-refractivity contribution is 0.0687. The molecule has 1 N–H and O–H groups in total. The third-order valence-corrected chi connectivity index (χ3v) is 6.47. The van der Waals surface area contributed by atoms with Gasteiger partial charge in [0.15, 0.2) is 11.5 Å². The molecule has 0 aliphatic carbocycles. The molecule has 0 spiro atoms. The number of H-pyrrole nitrogens is 1. The molecule has 0 fully saturated rings. The van der Waals surface area contributed by atoms with Crippen molar-refractivity contribution in [3.8, 4) is 22.8 Å². The fraction of sp³-hybridized carbons (Fsp3) is 0.214. The zero-order valence-corrected chi connectivity index (χ0v) is 20.5. The zero-order valence-electron chi connectivity index (χ0n) is 19.8. The number of methoxy groups -OCH3 is 1. The number of nitrogens with zero attached hydrogens (tertiary/aromatic N) is 2. The number of fused-ring (bicyclic) bond motifs is 1. The van der Waals surface area contributed by atoms with Crippen molar-refractivity contribution in [1.82, 2.24) is 15.1 Å². The van der Waals surface area contributed by atoms with E-state index in [4.69, 9.17) is 21.1 Å². The molecule has 0 saturated heterocycles. The fourth-order valence-corrected chi connectivity index (χ4v) is 4.69. The number of rotatable bonds is 7. The van der Waals surface area contributed by atoms with Crippen molar-refractivity contribution in [3.05, 3.63) is 100 Å². The first-order valence-corrected chi connectivity index (χ1v) is 11.9. The van der Waals surface area contributed by atoms with E-state index in [0.717, 1.165) is 27.9 Å². The smallest absolute Gasteiger partial charge is 0.273 e. The van der Waals surface area contributed by atoms with Crippen LogP contribution in [0.5, 0.6) is 11.5 Å². The van der Waals surface area contributed by atoms with Crippen molar-refractivity contribution >= 4 is 17.5 Å². The Hall–Kier alpha value is -3.77. The summed E-state index contributed by atoms with van der Waals surface area (Å²) in [6.07, 6.45) is 0. The third kappa shape index (κ3) is 4.26. The van der Waals surface area contributed by atoms with E-state index in [0.29, 0.717) is 28.8 Å². The number of aromatic amines is 1. The molecule has 1 atom stereocenters. The molecule has 0 saturated carbocycles. The van der Waals surface area contributed by atoms with Crippen LogP contribution >= 0.6 is 11.6 Å². The number of hydrogen-bond acceptors (Lipinski definition) is 4. The van der Waals surface area contributed by atoms with E-state index in [1.807, 2.05) is 91.5 Å². The van der Waals surface area contributed by atoms with Crippen molar-refractivity contribution in [3.63, 3.8) is 0 Å². The number of ether oxygens (including phenoxy) is 2. The minimum Gasteiger partial charge on any atom is -0.493 e. The second-order valence-corrected chi connectivity index (χ2v) is 9.20. The highest BCUT2D eigenvalue weighted by molar-refractivity contribution is 6.30. The Labute approximate surface area is 209 Å². The Kier molecular flexibility index (Phi) is 6.22. The average Bonchev–Trinajstić information content (AvgIpc) is 3.43. The van der Waals surface area contributed by atoms with Crippen LogP contribution in [0.3, 0.4) is 0 Å². The highest BCUT2D eigenvalue weighted by Gasteiger charge is 2.43. The van der Waals surface area contributed by atoms with E-state index in [2.05, 4.69) is 10.2 Å². The molecular formula is C28H26ClN3O3. The first kappa shape index (κ1) is 23.0. The lowest BCUT2D eigenvalue weighted by Gasteiger charge is -2.30. The molecule has 5 rings (SSSR count). The summed E-state index contributed by atoms with van der Waals surface area (Å²) in [6, 6.07) is 23.0. The lowest BCUT2D eigenvalue weighted by atomic mass is 9.95. The van der Waals surface area contributed by atoms with E-state index in [1.165, 1.54) is 0 Å². The van der Waals surface area contributed by atoms with Gasteiger partial charge < -0.3 is 14.4 Å². The SMILES string of the molecule is COc1cc(C2c3c(-c4ccc(Cl)cc4)n[nH]c3C(=O)N2C(C)C)ccc1OCc1ccccc1. The van der Waals surface area contributed by atoms with Gasteiger partial charge in [-0.1, -0.05) is 60.1 Å². The first-order chi connectivity index (χ1) is 17.0. The topological polar surface area (TPSA) is 67.5 Å². The molecule has 0 bridgehead atoms. The Balaban J connectivity index is 1.55. The van der Waals surface area contributed by atoms with Crippen molar-refractivity contribution in [2.24, 2.45) is 0 Å². The first-order valence-electron chi connectivity index (χ1n) is 11.5. The molecule has 2 heterocycles. The van der Waals surface area contributed by atoms with Gasteiger partial charge in [0.1, 0.15) is 12.3 Å². The number of amides is 1. The predicted octanol–water partition coefficient (Wildman–Crippen LogP) is 6.27. The van der Waals surface area contributed by atoms with Crippen LogP contribution in [0.15, 0.2) is 72.8 Å². The number of carbonyl (C=O) groups is 1. The molecule has 4 aromatic rings. The number of carbonyl (C=O) groups excluding carboxylic acids is 1. The molecule has 1 amide bonds. The molecule has 6 nitrogen and oxygen atoms in total. The lowest BCUT2D eigenvalue weighted by Crippen LogP contribution is -2.35. The summed E-state index contributed by atoms with van der Waals surface area (Å²) in [5, 5.41) is 8.14. The maximum atomic E-state index is 13.4. The van der Waals surface area contributed by atoms with Crippen LogP contribution in [-0.4, -0.2) is 34.2 Å². The van der Waals surface area contributed by atoms with Gasteiger partial charge in [-0.15, -0.1) is 0 Å². The van der Waals surface area contributed by atoms with Crippen molar-refractivity contribution < 1.29 is 14.3 Å². The number of hydrogen-bond donors (Lipinski definition) is 1. The summed E-state index contributed by atoms with van der Waals surface area (Å²) >= 11 is 6.10. The summed E-state index contributed by atoms with van der Waals surface area (Å²) in [5.41, 5.74) is 4.99. The number of nitrogens with one attached hydrogen (secondary N) is 1. The van der Waals surface area contributed by atoms with Gasteiger partial charge in [-0.3, -0.25) is 9.89 Å². The molecule has 7 heteroatoms. The van der Waals surface area contributed by atoms with Crippen LogP contribution in [0.2, 0.25) is 5.02 Å². The minimum atomic E-state index is -0.320. The molecule has 3 aromatic carbocycles. The van der Waals surface area contributed by atoms with Crippen LogP contribution < -0.4 is 9.47 Å². The van der Waals surface area contributed by atoms with Crippen LogP contribution in [0.4, 0.5) is 0 Å². The van der Waals surface area contributed by atoms with Gasteiger partial charge in [0.25, 0.3) is 5.91 Å². The van der Waals surface area contributed by atoms with Crippen LogP contribution in [0.1, 0.15) is 47.1 Å². The van der Waals surface area contributed by atoms with Gasteiger partial charge >= 0.3 is 0 Å². The quantitative estimate of drug-likeness (QED) is 0.333. The second kappa shape index (κ2) is 9.47. The van der Waals surface area contributed by atoms with E-state index in [9.17, 15) is 4.79 Å². The van der Waals surface area contributed by atoms with E-state index in [-0.39, 0.29) is 18.0 Å². The molecule has 1 aromatic heterocycles. The Morgan fingerprint density at radius 3 is 2.46 bits per heavy atom. The van der Waals surface area contributed by atoms with Crippen molar-refractivity contribution in [2.45, 2.75) is 32.5 Å². The fourth-order valence-electron chi connectivity index (χ4n) is 4.56. The van der Waals surface area contributed by atoms with Gasteiger partial charge in [0.05, 0.1) is 18.8 Å². The van der Waals surface area contributed by atoms with Gasteiger partial charge in [0.2, 0.25) is 0 Å². The largest absolute Gasteiger partial charge is 0.493 e. The third-order valence-electron chi connectivity index (χ3n) is 6.22. The molecule has 1 unspecified atom stereocenters. The molecule has 1 aliphatic heterocycles. The summed E-state index contributed by atoms with van der Waals surface area (Å²) in [6.45, 7) is 4.46. The molecule has 178 valence electrons. The van der Waals surface area contributed by atoms with Crippen molar-refractivity contribution in [1.29, 1.82) is 0 Å². The second-order valence-electron chi connectivity index (χ2n) is 8.76. The van der Waals surface area contributed by atoms with E-state index >= 15 is 0 Å². The monoisotopic (exact) mass is 487 g/mol. The highest BCUT2D eigenvalue weighted by Crippen LogP contribution is 2.45. The average molecular weight is 488 g/mol. The normalized spacial score (nSPS) is 14.9. The number of aromatic nitrogens is 2. The Bertz CT molecular complexity index is 1350. The van der Waals surface area contributed by atoms with Gasteiger partial charge in [-0.25, -0.2) is 0 Å². The van der Waals surface area contributed by atoms with E-state index < -0.39 is 0 Å². The van der Waals surface area contributed by atoms with Gasteiger partial charge in [-0.05, 0) is 49.2 Å². The zero-order chi connectivity index (χ0) is 24.5. The van der Waals surface area contributed by atoms with Crippen molar-refractivity contribution in [2.75, 3.05) is 7.11 Å². The van der Waals surface area contributed by atoms with Crippen LogP contribution in [0, 0.1) is 0 Å². The van der Waals surface area contributed by atoms with Gasteiger partial charge in [0, 0.05) is 22.2 Å².